The van der Waals surface area contributed by atoms with Gasteiger partial charge in [0, 0.05) is 39.1 Å². The molecule has 0 radical (unpaired) electrons. The molecule has 1 unspecified atom stereocenters. The van der Waals surface area contributed by atoms with Crippen molar-refractivity contribution in [3.8, 4) is 5.75 Å². The molecule has 1 aromatic rings. The number of carbonyl (C=O) groups is 1. The number of carbonyl (C=O) groups excluding carboxylic acids is 1. The Morgan fingerprint density at radius 2 is 2.19 bits per heavy atom. The Balaban J connectivity index is 1.66. The zero-order chi connectivity index (χ0) is 14.7. The van der Waals surface area contributed by atoms with E-state index in [0.717, 1.165) is 50.9 Å². The summed E-state index contributed by atoms with van der Waals surface area (Å²) >= 11 is 0. The molecule has 0 bridgehead atoms. The molecule has 2 aliphatic rings. The fourth-order valence-electron chi connectivity index (χ4n) is 3.39. The average molecular weight is 289 g/mol. The van der Waals surface area contributed by atoms with Crippen LogP contribution in [0.3, 0.4) is 0 Å². The van der Waals surface area contributed by atoms with E-state index in [0.29, 0.717) is 11.8 Å². The van der Waals surface area contributed by atoms with Crippen LogP contribution >= 0.6 is 0 Å². The summed E-state index contributed by atoms with van der Waals surface area (Å²) in [5.41, 5.74) is 2.73. The predicted molar refractivity (Wildman–Crippen MR) is 80.3 cm³/mol. The van der Waals surface area contributed by atoms with E-state index < -0.39 is 0 Å². The fraction of sp³-hybridized carbons (Fsp3) is 0.588. The highest BCUT2D eigenvalue weighted by Crippen LogP contribution is 2.28. The van der Waals surface area contributed by atoms with Crippen LogP contribution in [0.2, 0.25) is 0 Å². The van der Waals surface area contributed by atoms with Crippen LogP contribution in [0, 0.1) is 0 Å². The molecule has 1 saturated carbocycles. The topological polar surface area (TPSA) is 38.8 Å². The standard InChI is InChI=1S/C17H23NO3/c1-20-12-21-17-6-5-14-11-18(8-7-13(14)9-17)15-3-2-4-16(19)10-15/h5-6,9,15H,2-4,7-8,10-12H2,1H3. The molecule has 114 valence electrons. The van der Waals surface area contributed by atoms with Crippen molar-refractivity contribution in [2.24, 2.45) is 0 Å². The molecule has 4 heteroatoms. The van der Waals surface area contributed by atoms with E-state index in [1.807, 2.05) is 6.07 Å². The quantitative estimate of drug-likeness (QED) is 0.799. The third-order valence-corrected chi connectivity index (χ3v) is 4.54. The number of fused-ring (bicyclic) bond motifs is 1. The Bertz CT molecular complexity index is 515. The van der Waals surface area contributed by atoms with Crippen molar-refractivity contribution in [1.29, 1.82) is 0 Å². The largest absolute Gasteiger partial charge is 0.468 e. The lowest BCUT2D eigenvalue weighted by molar-refractivity contribution is -0.122. The lowest BCUT2D eigenvalue weighted by Crippen LogP contribution is -2.42. The van der Waals surface area contributed by atoms with E-state index in [1.54, 1.807) is 7.11 Å². The first kappa shape index (κ1) is 14.5. The number of methoxy groups -OCH3 is 1. The van der Waals surface area contributed by atoms with Gasteiger partial charge >= 0.3 is 0 Å². The van der Waals surface area contributed by atoms with Crippen LogP contribution < -0.4 is 4.74 Å². The minimum absolute atomic E-state index is 0.287. The van der Waals surface area contributed by atoms with E-state index in [4.69, 9.17) is 9.47 Å². The van der Waals surface area contributed by atoms with Gasteiger partial charge < -0.3 is 9.47 Å². The van der Waals surface area contributed by atoms with Crippen molar-refractivity contribution in [3.05, 3.63) is 29.3 Å². The zero-order valence-electron chi connectivity index (χ0n) is 12.6. The van der Waals surface area contributed by atoms with Crippen molar-refractivity contribution in [2.75, 3.05) is 20.4 Å². The molecule has 1 fully saturated rings. The molecular formula is C17H23NO3. The van der Waals surface area contributed by atoms with Crippen LogP contribution in [0.5, 0.6) is 5.75 Å². The van der Waals surface area contributed by atoms with Crippen molar-refractivity contribution in [2.45, 2.75) is 44.7 Å². The second-order valence-electron chi connectivity index (χ2n) is 5.99. The van der Waals surface area contributed by atoms with Gasteiger partial charge in [0.1, 0.15) is 11.5 Å². The highest BCUT2D eigenvalue weighted by atomic mass is 16.7. The molecule has 1 heterocycles. The Labute approximate surface area is 126 Å². The second kappa shape index (κ2) is 6.58. The predicted octanol–water partition coefficient (Wildman–Crippen LogP) is 2.54. The molecule has 1 aliphatic heterocycles. The third kappa shape index (κ3) is 3.44. The molecule has 1 atom stereocenters. The van der Waals surface area contributed by atoms with Crippen LogP contribution in [0.25, 0.3) is 0 Å². The van der Waals surface area contributed by atoms with Crippen LogP contribution in [-0.2, 0) is 22.5 Å². The van der Waals surface area contributed by atoms with Crippen molar-refractivity contribution < 1.29 is 14.3 Å². The van der Waals surface area contributed by atoms with E-state index in [9.17, 15) is 4.79 Å². The van der Waals surface area contributed by atoms with Gasteiger partial charge in [-0.3, -0.25) is 9.69 Å². The average Bonchev–Trinajstić information content (AvgIpc) is 2.52. The van der Waals surface area contributed by atoms with Gasteiger partial charge in [0.05, 0.1) is 0 Å². The molecule has 4 nitrogen and oxygen atoms in total. The molecule has 0 spiro atoms. The molecule has 0 amide bonds. The number of ether oxygens (including phenoxy) is 2. The van der Waals surface area contributed by atoms with Gasteiger partial charge in [0.15, 0.2) is 6.79 Å². The Kier molecular flexibility index (Phi) is 4.56. The normalized spacial score (nSPS) is 22.9. The Hall–Kier alpha value is -1.39. The lowest BCUT2D eigenvalue weighted by Gasteiger charge is -2.37. The maximum atomic E-state index is 11.7. The van der Waals surface area contributed by atoms with Crippen LogP contribution in [0.4, 0.5) is 0 Å². The minimum Gasteiger partial charge on any atom is -0.468 e. The van der Waals surface area contributed by atoms with E-state index in [1.165, 1.54) is 11.1 Å². The van der Waals surface area contributed by atoms with E-state index >= 15 is 0 Å². The van der Waals surface area contributed by atoms with Gasteiger partial charge in [-0.05, 0) is 42.5 Å². The third-order valence-electron chi connectivity index (χ3n) is 4.54. The monoisotopic (exact) mass is 289 g/mol. The number of hydrogen-bond acceptors (Lipinski definition) is 4. The number of hydrogen-bond donors (Lipinski definition) is 0. The second-order valence-corrected chi connectivity index (χ2v) is 5.99. The molecule has 0 N–H and O–H groups in total. The molecule has 0 aromatic heterocycles. The van der Waals surface area contributed by atoms with Crippen molar-refractivity contribution >= 4 is 5.78 Å². The van der Waals surface area contributed by atoms with Gasteiger partial charge in [-0.15, -0.1) is 0 Å². The van der Waals surface area contributed by atoms with Crippen LogP contribution in [0.15, 0.2) is 18.2 Å². The van der Waals surface area contributed by atoms with E-state index in [2.05, 4.69) is 17.0 Å². The summed E-state index contributed by atoms with van der Waals surface area (Å²) in [6.45, 7) is 2.28. The maximum absolute atomic E-state index is 11.7. The first-order chi connectivity index (χ1) is 10.3. The molecule has 3 rings (SSSR count). The van der Waals surface area contributed by atoms with Crippen LogP contribution in [0.1, 0.15) is 36.8 Å². The summed E-state index contributed by atoms with van der Waals surface area (Å²) in [6.07, 6.45) is 4.77. The first-order valence-corrected chi connectivity index (χ1v) is 7.75. The maximum Gasteiger partial charge on any atom is 0.188 e. The Morgan fingerprint density at radius 1 is 1.29 bits per heavy atom. The van der Waals surface area contributed by atoms with Gasteiger partial charge in [-0.25, -0.2) is 0 Å². The van der Waals surface area contributed by atoms with Gasteiger partial charge in [-0.2, -0.15) is 0 Å². The number of Topliss-reactive ketones (excluding diaryl/α,β-unsaturated/α-hetero) is 1. The van der Waals surface area contributed by atoms with E-state index in [-0.39, 0.29) is 6.79 Å². The molecule has 1 aliphatic carbocycles. The number of nitrogens with zero attached hydrogens (tertiary/aromatic N) is 1. The van der Waals surface area contributed by atoms with Gasteiger partial charge in [0.2, 0.25) is 0 Å². The van der Waals surface area contributed by atoms with Crippen molar-refractivity contribution in [1.82, 2.24) is 4.90 Å². The SMILES string of the molecule is COCOc1ccc2c(c1)CCN(C1CCCC(=O)C1)C2. The molecule has 0 saturated heterocycles. The summed E-state index contributed by atoms with van der Waals surface area (Å²) in [4.78, 5) is 14.1. The zero-order valence-corrected chi connectivity index (χ0v) is 12.6. The fourth-order valence-corrected chi connectivity index (χ4v) is 3.39. The number of benzene rings is 1. The smallest absolute Gasteiger partial charge is 0.188 e. The van der Waals surface area contributed by atoms with Crippen molar-refractivity contribution in [3.63, 3.8) is 0 Å². The molecular weight excluding hydrogens is 266 g/mol. The highest BCUT2D eigenvalue weighted by Gasteiger charge is 2.27. The van der Waals surface area contributed by atoms with Crippen LogP contribution in [-0.4, -0.2) is 37.2 Å². The summed E-state index contributed by atoms with van der Waals surface area (Å²) in [7, 11) is 1.63. The molecule has 1 aromatic carbocycles. The number of ketones is 1. The lowest BCUT2D eigenvalue weighted by atomic mass is 9.90. The summed E-state index contributed by atoms with van der Waals surface area (Å²) in [5, 5.41) is 0. The molecule has 21 heavy (non-hydrogen) atoms. The number of rotatable bonds is 4. The highest BCUT2D eigenvalue weighted by molar-refractivity contribution is 5.79. The first-order valence-electron chi connectivity index (χ1n) is 7.75. The van der Waals surface area contributed by atoms with Gasteiger partial charge in [0.25, 0.3) is 0 Å². The Morgan fingerprint density at radius 3 is 3.00 bits per heavy atom. The summed E-state index contributed by atoms with van der Waals surface area (Å²) in [5.74, 6) is 1.30. The van der Waals surface area contributed by atoms with Gasteiger partial charge in [-0.1, -0.05) is 6.07 Å². The summed E-state index contributed by atoms with van der Waals surface area (Å²) in [6, 6.07) is 6.73. The summed E-state index contributed by atoms with van der Waals surface area (Å²) < 4.78 is 10.4. The minimum atomic E-state index is 0.287.